The van der Waals surface area contributed by atoms with Crippen LogP contribution in [0, 0.1) is 19.8 Å². The van der Waals surface area contributed by atoms with E-state index in [1.807, 2.05) is 57.3 Å². The van der Waals surface area contributed by atoms with Crippen LogP contribution in [0.4, 0.5) is 11.6 Å². The van der Waals surface area contributed by atoms with Gasteiger partial charge in [0.25, 0.3) is 5.91 Å². The Morgan fingerprint density at radius 3 is 2.78 bits per heavy atom. The summed E-state index contributed by atoms with van der Waals surface area (Å²) in [5, 5.41) is 17.0. The Morgan fingerprint density at radius 1 is 1.15 bits per heavy atom. The van der Waals surface area contributed by atoms with E-state index in [2.05, 4.69) is 20.6 Å². The summed E-state index contributed by atoms with van der Waals surface area (Å²) in [6, 6.07) is 11.3. The van der Waals surface area contributed by atoms with E-state index in [1.165, 1.54) is 0 Å². The zero-order valence-corrected chi connectivity index (χ0v) is 23.6. The molecule has 10 nitrogen and oxygen atoms in total. The van der Waals surface area contributed by atoms with E-state index in [9.17, 15) is 9.90 Å². The molecule has 1 fully saturated rings. The minimum absolute atomic E-state index is 0.0787. The number of fused-ring (bicyclic) bond motifs is 2. The number of amides is 1. The number of rotatable bonds is 7. The molecule has 0 saturated heterocycles. The number of carbonyl (C=O) groups excluding carboxylic acids is 1. The molecule has 0 radical (unpaired) electrons. The van der Waals surface area contributed by atoms with Gasteiger partial charge < -0.3 is 29.9 Å². The minimum Gasteiger partial charge on any atom is -0.474 e. The molecule has 1 amide bonds. The molecule has 4 N–H and O–H groups in total. The predicted octanol–water partition coefficient (Wildman–Crippen LogP) is 5.80. The Hall–Kier alpha value is -4.44. The summed E-state index contributed by atoms with van der Waals surface area (Å²) in [5.41, 5.74) is 6.21. The van der Waals surface area contributed by atoms with Crippen molar-refractivity contribution in [2.75, 3.05) is 12.4 Å². The zero-order chi connectivity index (χ0) is 28.7. The number of H-pyrrole nitrogens is 1. The van der Waals surface area contributed by atoms with Crippen LogP contribution >= 0.6 is 0 Å². The second-order valence-electron chi connectivity index (χ2n) is 10.8. The van der Waals surface area contributed by atoms with Crippen LogP contribution in [-0.4, -0.2) is 50.2 Å². The van der Waals surface area contributed by atoms with Gasteiger partial charge in [-0.2, -0.15) is 9.97 Å². The first-order valence-corrected chi connectivity index (χ1v) is 14.0. The lowest BCUT2D eigenvalue weighted by Crippen LogP contribution is -2.31. The number of aromatic amines is 1. The standard InChI is InChI=1S/C31H34N6O4/c1-16-12-21(29(39)32-4)9-10-24(16)35-31-36-28-27(30(37-31)41-22-7-5-6-19(13-22)17(2)38)23(15-33-28)20-8-11-25-26(14-20)40-18(3)34-25/h8-12,14-15,17,19,22,38H,5-7,13H2,1-4H3,(H,32,39)(H2,33,35,36,37)/t17-,19?,22+/m1/s1. The highest BCUT2D eigenvalue weighted by atomic mass is 16.5. The van der Waals surface area contributed by atoms with Crippen LogP contribution in [-0.2, 0) is 0 Å². The van der Waals surface area contributed by atoms with Crippen LogP contribution in [0.3, 0.4) is 0 Å². The van der Waals surface area contributed by atoms with Crippen molar-refractivity contribution in [2.45, 2.75) is 58.7 Å². The van der Waals surface area contributed by atoms with E-state index >= 15 is 0 Å². The van der Waals surface area contributed by atoms with Gasteiger partial charge in [-0.3, -0.25) is 4.79 Å². The number of hydrogen-bond acceptors (Lipinski definition) is 8. The maximum atomic E-state index is 12.1. The molecule has 0 bridgehead atoms. The van der Waals surface area contributed by atoms with E-state index in [0.717, 1.165) is 59.0 Å². The summed E-state index contributed by atoms with van der Waals surface area (Å²) in [4.78, 5) is 29.4. The summed E-state index contributed by atoms with van der Waals surface area (Å²) in [6.07, 6.45) is 5.06. The van der Waals surface area contributed by atoms with Gasteiger partial charge in [0.1, 0.15) is 17.3 Å². The molecule has 3 atom stereocenters. The second kappa shape index (κ2) is 10.9. The third-order valence-electron chi connectivity index (χ3n) is 7.89. The molecule has 1 aliphatic carbocycles. The molecule has 3 aromatic heterocycles. The normalized spacial score (nSPS) is 18.0. The number of aromatic nitrogens is 4. The van der Waals surface area contributed by atoms with Crippen LogP contribution in [0.1, 0.15) is 54.4 Å². The first-order valence-electron chi connectivity index (χ1n) is 14.0. The first-order chi connectivity index (χ1) is 19.8. The van der Waals surface area contributed by atoms with Gasteiger partial charge in [0.05, 0.1) is 11.5 Å². The van der Waals surface area contributed by atoms with Gasteiger partial charge in [-0.25, -0.2) is 4.98 Å². The quantitative estimate of drug-likeness (QED) is 0.198. The first kappa shape index (κ1) is 26.8. The monoisotopic (exact) mass is 554 g/mol. The van der Waals surface area contributed by atoms with Crippen molar-refractivity contribution in [1.82, 2.24) is 25.3 Å². The van der Waals surface area contributed by atoms with Crippen molar-refractivity contribution in [3.63, 3.8) is 0 Å². The molecule has 10 heteroatoms. The zero-order valence-electron chi connectivity index (χ0n) is 23.6. The van der Waals surface area contributed by atoms with Crippen molar-refractivity contribution >= 4 is 39.7 Å². The van der Waals surface area contributed by atoms with E-state index in [0.29, 0.717) is 34.5 Å². The summed E-state index contributed by atoms with van der Waals surface area (Å²) in [7, 11) is 1.61. The molecule has 1 saturated carbocycles. The number of nitrogens with one attached hydrogen (secondary N) is 3. The number of aliphatic hydroxyl groups is 1. The molecular weight excluding hydrogens is 520 g/mol. The van der Waals surface area contributed by atoms with Crippen molar-refractivity contribution in [2.24, 2.45) is 5.92 Å². The predicted molar refractivity (Wildman–Crippen MR) is 158 cm³/mol. The lowest BCUT2D eigenvalue weighted by Gasteiger charge is -2.31. The topological polar surface area (TPSA) is 138 Å². The summed E-state index contributed by atoms with van der Waals surface area (Å²) in [6.45, 7) is 5.61. The van der Waals surface area contributed by atoms with E-state index in [-0.39, 0.29) is 24.0 Å². The lowest BCUT2D eigenvalue weighted by atomic mass is 9.84. The molecule has 0 spiro atoms. The SMILES string of the molecule is CNC(=O)c1ccc(Nc2nc(O[C@H]3CCCC([C@@H](C)O)C3)c3c(-c4ccc5nc(C)oc5c4)c[nH]c3n2)c(C)c1. The smallest absolute Gasteiger partial charge is 0.251 e. The maximum absolute atomic E-state index is 12.1. The van der Waals surface area contributed by atoms with Gasteiger partial charge in [0.2, 0.25) is 11.8 Å². The van der Waals surface area contributed by atoms with Gasteiger partial charge in [-0.1, -0.05) is 6.07 Å². The average molecular weight is 555 g/mol. The number of nitrogens with zero attached hydrogens (tertiary/aromatic N) is 3. The molecule has 6 rings (SSSR count). The highest BCUT2D eigenvalue weighted by Crippen LogP contribution is 2.38. The highest BCUT2D eigenvalue weighted by molar-refractivity contribution is 5.99. The van der Waals surface area contributed by atoms with Crippen LogP contribution in [0.2, 0.25) is 0 Å². The number of oxazole rings is 1. The van der Waals surface area contributed by atoms with Crippen molar-refractivity contribution in [3.05, 3.63) is 59.6 Å². The van der Waals surface area contributed by atoms with Gasteiger partial charge in [0.15, 0.2) is 11.5 Å². The molecule has 1 aliphatic rings. The Balaban J connectivity index is 1.41. The molecule has 41 heavy (non-hydrogen) atoms. The van der Waals surface area contributed by atoms with Crippen molar-refractivity contribution in [3.8, 4) is 17.0 Å². The molecule has 5 aromatic rings. The average Bonchev–Trinajstić information content (AvgIpc) is 3.56. The van der Waals surface area contributed by atoms with E-state index in [1.54, 1.807) is 13.1 Å². The molecule has 2 aromatic carbocycles. The fourth-order valence-electron chi connectivity index (χ4n) is 5.67. The van der Waals surface area contributed by atoms with Gasteiger partial charge in [0, 0.05) is 37.0 Å². The highest BCUT2D eigenvalue weighted by Gasteiger charge is 2.28. The van der Waals surface area contributed by atoms with Gasteiger partial charge in [-0.05, 0) is 86.9 Å². The van der Waals surface area contributed by atoms with Crippen LogP contribution in [0.25, 0.3) is 33.3 Å². The van der Waals surface area contributed by atoms with E-state index < -0.39 is 0 Å². The van der Waals surface area contributed by atoms with Crippen molar-refractivity contribution in [1.29, 1.82) is 0 Å². The van der Waals surface area contributed by atoms with Crippen LogP contribution in [0.15, 0.2) is 47.0 Å². The molecule has 3 heterocycles. The Labute approximate surface area is 237 Å². The fourth-order valence-corrected chi connectivity index (χ4v) is 5.67. The lowest BCUT2D eigenvalue weighted by molar-refractivity contribution is 0.0484. The Bertz CT molecular complexity index is 1740. The van der Waals surface area contributed by atoms with Gasteiger partial charge >= 0.3 is 0 Å². The second-order valence-corrected chi connectivity index (χ2v) is 10.8. The number of anilines is 2. The Morgan fingerprint density at radius 2 is 2.00 bits per heavy atom. The summed E-state index contributed by atoms with van der Waals surface area (Å²) in [5.74, 6) is 1.50. The Kier molecular flexibility index (Phi) is 7.08. The molecular formula is C31H34N6O4. The third-order valence-corrected chi connectivity index (χ3v) is 7.89. The number of benzene rings is 2. The van der Waals surface area contributed by atoms with Crippen LogP contribution in [0.5, 0.6) is 5.88 Å². The van der Waals surface area contributed by atoms with Crippen molar-refractivity contribution < 1.29 is 19.1 Å². The number of aryl methyl sites for hydroxylation is 2. The summed E-state index contributed by atoms with van der Waals surface area (Å²) >= 11 is 0. The van der Waals surface area contributed by atoms with E-state index in [4.69, 9.17) is 19.1 Å². The molecule has 0 aliphatic heterocycles. The molecule has 212 valence electrons. The fraction of sp³-hybridized carbons (Fsp3) is 0.355. The van der Waals surface area contributed by atoms with Gasteiger partial charge in [-0.15, -0.1) is 0 Å². The molecule has 1 unspecified atom stereocenters. The summed E-state index contributed by atoms with van der Waals surface area (Å²) < 4.78 is 12.4. The minimum atomic E-state index is -0.385. The number of carbonyl (C=O) groups is 1. The maximum Gasteiger partial charge on any atom is 0.251 e. The number of ether oxygens (including phenoxy) is 1. The number of aliphatic hydroxyl groups excluding tert-OH is 1. The largest absolute Gasteiger partial charge is 0.474 e. The number of hydrogen-bond donors (Lipinski definition) is 4. The van der Waals surface area contributed by atoms with Crippen LogP contribution < -0.4 is 15.4 Å². The third kappa shape index (κ3) is 5.35.